The zero-order valence-corrected chi connectivity index (χ0v) is 12.9. The van der Waals surface area contributed by atoms with Crippen molar-refractivity contribution in [1.29, 1.82) is 0 Å². The van der Waals surface area contributed by atoms with E-state index in [0.717, 1.165) is 19.4 Å². The Balaban J connectivity index is 4.98. The minimum atomic E-state index is -0.542. The highest BCUT2D eigenvalue weighted by Crippen LogP contribution is 2.17. The number of nitrogens with two attached hydrogens (primary N) is 1. The molecule has 3 N–H and O–H groups in total. The zero-order valence-electron chi connectivity index (χ0n) is 12.9. The highest BCUT2D eigenvalue weighted by atomic mass is 16.4. The van der Waals surface area contributed by atoms with Crippen LogP contribution in [0.3, 0.4) is 0 Å². The predicted octanol–water partition coefficient (Wildman–Crippen LogP) is 2.29. The lowest BCUT2D eigenvalue weighted by molar-refractivity contribution is -0.135. The summed E-state index contributed by atoms with van der Waals surface area (Å²) in [5.41, 5.74) is 5.66. The highest BCUT2D eigenvalue weighted by Gasteiger charge is 2.30. The van der Waals surface area contributed by atoms with E-state index in [1.54, 1.807) is 0 Å². The van der Waals surface area contributed by atoms with Gasteiger partial charge in [-0.3, -0.25) is 4.79 Å². The van der Waals surface area contributed by atoms with E-state index in [-0.39, 0.29) is 17.7 Å². The van der Waals surface area contributed by atoms with Crippen molar-refractivity contribution in [3.8, 4) is 0 Å². The minimum Gasteiger partial charge on any atom is -0.409 e. The van der Waals surface area contributed by atoms with Crippen LogP contribution >= 0.6 is 0 Å². The average molecular weight is 271 g/mol. The summed E-state index contributed by atoms with van der Waals surface area (Å²) >= 11 is 0. The first kappa shape index (κ1) is 17.7. The lowest BCUT2D eigenvalue weighted by atomic mass is 9.92. The summed E-state index contributed by atoms with van der Waals surface area (Å²) in [6.45, 7) is 11.4. The fourth-order valence-corrected chi connectivity index (χ4v) is 2.25. The third kappa shape index (κ3) is 5.09. The lowest BCUT2D eigenvalue weighted by Crippen LogP contribution is -2.45. The number of hydrogen-bond donors (Lipinski definition) is 2. The van der Waals surface area contributed by atoms with Gasteiger partial charge in [-0.2, -0.15) is 0 Å². The third-order valence-corrected chi connectivity index (χ3v) is 3.69. The summed E-state index contributed by atoms with van der Waals surface area (Å²) in [5, 5.41) is 11.8. The second-order valence-electron chi connectivity index (χ2n) is 5.31. The molecular weight excluding hydrogens is 242 g/mol. The molecule has 1 atom stereocenters. The van der Waals surface area contributed by atoms with Crippen LogP contribution in [0.1, 0.15) is 47.5 Å². The molecule has 0 bridgehead atoms. The molecule has 1 unspecified atom stereocenters. The molecule has 0 aromatic carbocycles. The van der Waals surface area contributed by atoms with Crippen molar-refractivity contribution in [2.24, 2.45) is 28.6 Å². The van der Waals surface area contributed by atoms with E-state index in [4.69, 9.17) is 10.9 Å². The summed E-state index contributed by atoms with van der Waals surface area (Å²) in [5.74, 6) is -0.0647. The summed E-state index contributed by atoms with van der Waals surface area (Å²) in [4.78, 5) is 14.4. The molecule has 5 heteroatoms. The van der Waals surface area contributed by atoms with E-state index in [1.165, 1.54) is 0 Å². The van der Waals surface area contributed by atoms with Gasteiger partial charge in [0.1, 0.15) is 5.92 Å². The third-order valence-electron chi connectivity index (χ3n) is 3.69. The fourth-order valence-electron chi connectivity index (χ4n) is 2.25. The molecule has 19 heavy (non-hydrogen) atoms. The zero-order chi connectivity index (χ0) is 15.0. The monoisotopic (exact) mass is 271 g/mol. The van der Waals surface area contributed by atoms with Gasteiger partial charge in [-0.1, -0.05) is 45.7 Å². The Kier molecular flexibility index (Phi) is 8.19. The van der Waals surface area contributed by atoms with Crippen LogP contribution in [-0.4, -0.2) is 34.9 Å². The summed E-state index contributed by atoms with van der Waals surface area (Å²) in [7, 11) is 0. The molecule has 112 valence electrons. The van der Waals surface area contributed by atoms with Crippen molar-refractivity contribution in [2.45, 2.75) is 47.5 Å². The normalized spacial score (nSPS) is 13.9. The summed E-state index contributed by atoms with van der Waals surface area (Å²) < 4.78 is 0. The van der Waals surface area contributed by atoms with E-state index in [0.29, 0.717) is 12.5 Å². The number of hydrogen-bond acceptors (Lipinski definition) is 3. The van der Waals surface area contributed by atoms with Gasteiger partial charge in [0, 0.05) is 13.1 Å². The second-order valence-corrected chi connectivity index (χ2v) is 5.31. The molecule has 0 aromatic rings. The van der Waals surface area contributed by atoms with E-state index >= 15 is 0 Å². The second kappa shape index (κ2) is 8.77. The predicted molar refractivity (Wildman–Crippen MR) is 78.1 cm³/mol. The van der Waals surface area contributed by atoms with Crippen LogP contribution in [-0.2, 0) is 4.79 Å². The molecule has 0 saturated heterocycles. The molecular formula is C14H29N3O2. The van der Waals surface area contributed by atoms with Crippen molar-refractivity contribution in [3.63, 3.8) is 0 Å². The van der Waals surface area contributed by atoms with Crippen molar-refractivity contribution in [2.75, 3.05) is 13.1 Å². The maximum absolute atomic E-state index is 12.5. The van der Waals surface area contributed by atoms with Crippen LogP contribution in [0.5, 0.6) is 0 Å². The number of oxime groups is 1. The first-order valence-corrected chi connectivity index (χ1v) is 7.18. The first-order valence-electron chi connectivity index (χ1n) is 7.18. The van der Waals surface area contributed by atoms with Crippen LogP contribution < -0.4 is 5.73 Å². The van der Waals surface area contributed by atoms with Gasteiger partial charge in [0.05, 0.1) is 0 Å². The molecule has 0 fully saturated rings. The summed E-state index contributed by atoms with van der Waals surface area (Å²) in [6.07, 6.45) is 2.10. The van der Waals surface area contributed by atoms with E-state index in [9.17, 15) is 4.79 Å². The Morgan fingerprint density at radius 1 is 1.26 bits per heavy atom. The van der Waals surface area contributed by atoms with Crippen molar-refractivity contribution in [1.82, 2.24) is 4.90 Å². The van der Waals surface area contributed by atoms with Crippen LogP contribution in [0, 0.1) is 17.8 Å². The SMILES string of the molecule is CCC(CC)CN(CC)C(=O)C(C(N)=NO)C(C)C. The minimum absolute atomic E-state index is 0.00277. The van der Waals surface area contributed by atoms with Gasteiger partial charge in [0.25, 0.3) is 0 Å². The van der Waals surface area contributed by atoms with Crippen molar-refractivity contribution < 1.29 is 10.0 Å². The molecule has 5 nitrogen and oxygen atoms in total. The Hall–Kier alpha value is -1.26. The molecule has 0 rings (SSSR count). The topological polar surface area (TPSA) is 78.9 Å². The van der Waals surface area contributed by atoms with Crippen LogP contribution in [0.25, 0.3) is 0 Å². The molecule has 0 heterocycles. The Morgan fingerprint density at radius 3 is 2.11 bits per heavy atom. The van der Waals surface area contributed by atoms with Gasteiger partial charge in [-0.25, -0.2) is 0 Å². The standard InChI is InChI=1S/C14H29N3O2/c1-6-11(7-2)9-17(8-3)14(18)12(10(4)5)13(15)16-19/h10-12,19H,6-9H2,1-5H3,(H2,15,16). The largest absolute Gasteiger partial charge is 0.409 e. The number of carbonyl (C=O) groups excluding carboxylic acids is 1. The van der Waals surface area contributed by atoms with Gasteiger partial charge in [0.15, 0.2) is 5.84 Å². The molecule has 0 aliphatic rings. The van der Waals surface area contributed by atoms with Crippen molar-refractivity contribution in [3.05, 3.63) is 0 Å². The molecule has 0 spiro atoms. The first-order chi connectivity index (χ1) is 8.92. The molecule has 1 amide bonds. The van der Waals surface area contributed by atoms with E-state index in [2.05, 4.69) is 19.0 Å². The van der Waals surface area contributed by atoms with E-state index < -0.39 is 5.92 Å². The Morgan fingerprint density at radius 2 is 1.79 bits per heavy atom. The number of amidine groups is 1. The number of amides is 1. The molecule has 0 aliphatic heterocycles. The van der Waals surface area contributed by atoms with Crippen LogP contribution in [0.15, 0.2) is 5.16 Å². The quantitative estimate of drug-likeness (QED) is 0.308. The smallest absolute Gasteiger partial charge is 0.233 e. The molecule has 0 aromatic heterocycles. The van der Waals surface area contributed by atoms with Crippen molar-refractivity contribution >= 4 is 11.7 Å². The number of rotatable bonds is 8. The van der Waals surface area contributed by atoms with E-state index in [1.807, 2.05) is 25.7 Å². The van der Waals surface area contributed by atoms with Crippen LogP contribution in [0.2, 0.25) is 0 Å². The van der Waals surface area contributed by atoms with Gasteiger partial charge in [-0.15, -0.1) is 0 Å². The highest BCUT2D eigenvalue weighted by molar-refractivity contribution is 6.02. The van der Waals surface area contributed by atoms with Gasteiger partial charge >= 0.3 is 0 Å². The molecule has 0 saturated carbocycles. The van der Waals surface area contributed by atoms with Gasteiger partial charge in [0.2, 0.25) is 5.91 Å². The average Bonchev–Trinajstić information content (AvgIpc) is 2.39. The van der Waals surface area contributed by atoms with Gasteiger partial charge < -0.3 is 15.8 Å². The Bertz CT molecular complexity index is 299. The molecule has 0 radical (unpaired) electrons. The molecule has 0 aliphatic carbocycles. The Labute approximate surface area is 116 Å². The lowest BCUT2D eigenvalue weighted by Gasteiger charge is -2.30. The number of nitrogens with zero attached hydrogens (tertiary/aromatic N) is 2. The maximum Gasteiger partial charge on any atom is 0.233 e. The number of carbonyl (C=O) groups is 1. The summed E-state index contributed by atoms with van der Waals surface area (Å²) in [6, 6.07) is 0. The fraction of sp³-hybridized carbons (Fsp3) is 0.857. The van der Waals surface area contributed by atoms with Gasteiger partial charge in [-0.05, 0) is 18.8 Å². The van der Waals surface area contributed by atoms with Crippen LogP contribution in [0.4, 0.5) is 0 Å². The maximum atomic E-state index is 12.5.